The van der Waals surface area contributed by atoms with Gasteiger partial charge in [0, 0.05) is 17.5 Å². The topological polar surface area (TPSA) is 86.6 Å². The fourth-order valence-electron chi connectivity index (χ4n) is 2.99. The van der Waals surface area contributed by atoms with Gasteiger partial charge >= 0.3 is 0 Å². The molecule has 5 nitrogen and oxygen atoms in total. The third kappa shape index (κ3) is 3.96. The molecule has 0 amide bonds. The quantitative estimate of drug-likeness (QED) is 0.701. The van der Waals surface area contributed by atoms with Crippen LogP contribution in [0.25, 0.3) is 0 Å². The van der Waals surface area contributed by atoms with E-state index in [9.17, 15) is 8.42 Å². The van der Waals surface area contributed by atoms with E-state index < -0.39 is 16.3 Å². The van der Waals surface area contributed by atoms with Gasteiger partial charge in [-0.15, -0.1) is 0 Å². The number of aliphatic hydroxyl groups is 2. The first kappa shape index (κ1) is 17.4. The van der Waals surface area contributed by atoms with Gasteiger partial charge in [0.05, 0.1) is 4.90 Å². The molecule has 24 heavy (non-hydrogen) atoms. The molecule has 3 rings (SSSR count). The number of halogens is 1. The number of rotatable bonds is 5. The summed E-state index contributed by atoms with van der Waals surface area (Å²) in [5, 5.41) is 18.6. The van der Waals surface area contributed by atoms with E-state index in [4.69, 9.17) is 21.8 Å². The highest BCUT2D eigenvalue weighted by Gasteiger charge is 2.26. The summed E-state index contributed by atoms with van der Waals surface area (Å²) in [5.41, 5.74) is 2.94. The lowest BCUT2D eigenvalue weighted by Gasteiger charge is -2.12. The normalized spacial score (nSPS) is 17.2. The maximum atomic E-state index is 12.4. The van der Waals surface area contributed by atoms with E-state index in [-0.39, 0.29) is 17.4 Å². The fourth-order valence-corrected chi connectivity index (χ4v) is 4.36. The molecule has 3 N–H and O–H groups in total. The zero-order valence-corrected chi connectivity index (χ0v) is 14.4. The summed E-state index contributed by atoms with van der Waals surface area (Å²) in [6, 6.07) is 11.5. The van der Waals surface area contributed by atoms with Gasteiger partial charge in [0.25, 0.3) is 0 Å². The molecular weight excluding hydrogens is 350 g/mol. The molecule has 2 aromatic carbocycles. The SMILES string of the molecule is O=S(=O)(NC1Cc2ccc(CC(O)O)cc2C1)c1ccc(Cl)cc1. The van der Waals surface area contributed by atoms with Crippen LogP contribution >= 0.6 is 11.6 Å². The highest BCUT2D eigenvalue weighted by Crippen LogP contribution is 2.25. The van der Waals surface area contributed by atoms with Crippen LogP contribution in [-0.2, 0) is 29.3 Å². The molecule has 2 aromatic rings. The van der Waals surface area contributed by atoms with Gasteiger partial charge in [0.15, 0.2) is 6.29 Å². The van der Waals surface area contributed by atoms with Crippen LogP contribution in [0.5, 0.6) is 0 Å². The lowest BCUT2D eigenvalue weighted by Crippen LogP contribution is -2.35. The Morgan fingerprint density at radius 3 is 2.42 bits per heavy atom. The van der Waals surface area contributed by atoms with Gasteiger partial charge in [-0.05, 0) is 53.8 Å². The van der Waals surface area contributed by atoms with Crippen LogP contribution in [0.4, 0.5) is 0 Å². The van der Waals surface area contributed by atoms with Crippen molar-refractivity contribution in [3.8, 4) is 0 Å². The Hall–Kier alpha value is -1.44. The largest absolute Gasteiger partial charge is 0.368 e. The summed E-state index contributed by atoms with van der Waals surface area (Å²) >= 11 is 5.79. The molecule has 1 aliphatic rings. The smallest absolute Gasteiger partial charge is 0.240 e. The van der Waals surface area contributed by atoms with E-state index in [1.54, 1.807) is 12.1 Å². The van der Waals surface area contributed by atoms with Crippen LogP contribution in [-0.4, -0.2) is 31.0 Å². The minimum atomic E-state index is -3.60. The first-order valence-electron chi connectivity index (χ1n) is 7.58. The van der Waals surface area contributed by atoms with Crippen LogP contribution in [0, 0.1) is 0 Å². The summed E-state index contributed by atoms with van der Waals surface area (Å²) in [6.45, 7) is 0. The molecule has 0 saturated carbocycles. The second-order valence-electron chi connectivity index (χ2n) is 5.97. The van der Waals surface area contributed by atoms with Gasteiger partial charge in [-0.1, -0.05) is 29.8 Å². The minimum Gasteiger partial charge on any atom is -0.368 e. The highest BCUT2D eigenvalue weighted by molar-refractivity contribution is 7.89. The van der Waals surface area contributed by atoms with Crippen LogP contribution in [0.3, 0.4) is 0 Å². The van der Waals surface area contributed by atoms with Gasteiger partial charge in [0.2, 0.25) is 10.0 Å². The van der Waals surface area contributed by atoms with E-state index in [0.29, 0.717) is 17.9 Å². The molecule has 0 aliphatic heterocycles. The summed E-state index contributed by atoms with van der Waals surface area (Å²) in [5.74, 6) is 0. The predicted octanol–water partition coefficient (Wildman–Crippen LogP) is 1.64. The molecule has 128 valence electrons. The second-order valence-corrected chi connectivity index (χ2v) is 8.12. The minimum absolute atomic E-state index is 0.161. The lowest BCUT2D eigenvalue weighted by atomic mass is 10.0. The maximum Gasteiger partial charge on any atom is 0.240 e. The molecule has 0 saturated heterocycles. The summed E-state index contributed by atoms with van der Waals surface area (Å²) in [4.78, 5) is 0.187. The van der Waals surface area contributed by atoms with E-state index in [1.165, 1.54) is 12.1 Å². The Kier molecular flexibility index (Phi) is 4.94. The van der Waals surface area contributed by atoms with E-state index in [2.05, 4.69) is 4.72 Å². The molecule has 7 heteroatoms. The molecule has 1 atom stereocenters. The monoisotopic (exact) mass is 367 g/mol. The fraction of sp³-hybridized carbons (Fsp3) is 0.294. The summed E-state index contributed by atoms with van der Waals surface area (Å²) < 4.78 is 27.6. The van der Waals surface area contributed by atoms with Gasteiger partial charge in [-0.3, -0.25) is 0 Å². The van der Waals surface area contributed by atoms with Gasteiger partial charge in [0.1, 0.15) is 0 Å². The zero-order chi connectivity index (χ0) is 17.3. The van der Waals surface area contributed by atoms with Crippen LogP contribution in [0.15, 0.2) is 47.4 Å². The van der Waals surface area contributed by atoms with Crippen molar-refractivity contribution in [2.45, 2.75) is 36.5 Å². The second kappa shape index (κ2) is 6.82. The average molecular weight is 368 g/mol. The van der Waals surface area contributed by atoms with Crippen molar-refractivity contribution in [1.29, 1.82) is 0 Å². The molecule has 0 spiro atoms. The molecule has 0 aromatic heterocycles. The standard InChI is InChI=1S/C17H18ClNO4S/c18-14-3-5-16(6-4-14)24(22,23)19-15-9-12-2-1-11(8-17(20)21)7-13(12)10-15/h1-7,15,17,19-21H,8-10H2. The first-order valence-corrected chi connectivity index (χ1v) is 9.44. The number of benzene rings is 2. The molecular formula is C17H18ClNO4S. The van der Waals surface area contributed by atoms with Crippen LogP contribution in [0.2, 0.25) is 5.02 Å². The van der Waals surface area contributed by atoms with Gasteiger partial charge in [-0.2, -0.15) is 0 Å². The van der Waals surface area contributed by atoms with E-state index in [1.807, 2.05) is 18.2 Å². The van der Waals surface area contributed by atoms with E-state index >= 15 is 0 Å². The Morgan fingerprint density at radius 2 is 1.75 bits per heavy atom. The zero-order valence-electron chi connectivity index (χ0n) is 12.8. The van der Waals surface area contributed by atoms with E-state index in [0.717, 1.165) is 16.7 Å². The van der Waals surface area contributed by atoms with Crippen molar-refractivity contribution in [3.63, 3.8) is 0 Å². The molecule has 0 fully saturated rings. The molecule has 0 radical (unpaired) electrons. The molecule has 0 bridgehead atoms. The Labute approximate surface area is 146 Å². The van der Waals surface area contributed by atoms with Crippen molar-refractivity contribution < 1.29 is 18.6 Å². The van der Waals surface area contributed by atoms with Crippen molar-refractivity contribution in [1.82, 2.24) is 4.72 Å². The third-order valence-corrected chi connectivity index (χ3v) is 5.86. The number of hydrogen-bond donors (Lipinski definition) is 3. The van der Waals surface area contributed by atoms with Crippen molar-refractivity contribution >= 4 is 21.6 Å². The lowest BCUT2D eigenvalue weighted by molar-refractivity contribution is -0.0381. The predicted molar refractivity (Wildman–Crippen MR) is 91.3 cm³/mol. The van der Waals surface area contributed by atoms with Crippen molar-refractivity contribution in [3.05, 3.63) is 64.2 Å². The number of fused-ring (bicyclic) bond motifs is 1. The van der Waals surface area contributed by atoms with Crippen molar-refractivity contribution in [2.75, 3.05) is 0 Å². The number of hydrogen-bond acceptors (Lipinski definition) is 4. The molecule has 1 aliphatic carbocycles. The maximum absolute atomic E-state index is 12.4. The Morgan fingerprint density at radius 1 is 1.08 bits per heavy atom. The van der Waals surface area contributed by atoms with Crippen LogP contribution < -0.4 is 4.72 Å². The Balaban J connectivity index is 1.72. The first-order chi connectivity index (χ1) is 11.3. The van der Waals surface area contributed by atoms with Crippen LogP contribution in [0.1, 0.15) is 16.7 Å². The molecule has 0 heterocycles. The van der Waals surface area contributed by atoms with Gasteiger partial charge < -0.3 is 10.2 Å². The molecule has 1 unspecified atom stereocenters. The third-order valence-electron chi connectivity index (χ3n) is 4.07. The van der Waals surface area contributed by atoms with Crippen molar-refractivity contribution in [2.24, 2.45) is 0 Å². The number of nitrogens with one attached hydrogen (secondary N) is 1. The summed E-state index contributed by atoms with van der Waals surface area (Å²) in [6.07, 6.45) is -0.0283. The number of aliphatic hydroxyl groups excluding tert-OH is 1. The van der Waals surface area contributed by atoms with Gasteiger partial charge in [-0.25, -0.2) is 13.1 Å². The number of sulfonamides is 1. The highest BCUT2D eigenvalue weighted by atomic mass is 35.5. The Bertz CT molecular complexity index is 834. The average Bonchev–Trinajstić information content (AvgIpc) is 2.87. The summed E-state index contributed by atoms with van der Waals surface area (Å²) in [7, 11) is -3.60.